The summed E-state index contributed by atoms with van der Waals surface area (Å²) < 4.78 is 0. The Balaban J connectivity index is 2.61. The second kappa shape index (κ2) is 5.87. The molecule has 1 aromatic heterocycles. The number of rotatable bonds is 4. The lowest BCUT2D eigenvalue weighted by molar-refractivity contribution is 0.415. The number of nitrogens with one attached hydrogen (secondary N) is 1. The summed E-state index contributed by atoms with van der Waals surface area (Å²) in [5.74, 6) is 0.925. The van der Waals surface area contributed by atoms with Gasteiger partial charge < -0.3 is 10.2 Å². The summed E-state index contributed by atoms with van der Waals surface area (Å²) in [5.41, 5.74) is 1.33. The Morgan fingerprint density at radius 2 is 1.68 bits per heavy atom. The Bertz CT molecular complexity index is 384. The Labute approximate surface area is 117 Å². The molecule has 0 amide bonds. The lowest BCUT2D eigenvalue weighted by atomic mass is 9.96. The Morgan fingerprint density at radius 3 is 2.11 bits per heavy atom. The summed E-state index contributed by atoms with van der Waals surface area (Å²) in [4.78, 5) is 2.15. The van der Waals surface area contributed by atoms with E-state index in [9.17, 15) is 0 Å². The molecule has 1 rings (SSSR count). The summed E-state index contributed by atoms with van der Waals surface area (Å²) >= 11 is 0. The summed E-state index contributed by atoms with van der Waals surface area (Å²) in [6.45, 7) is 14.8. The van der Waals surface area contributed by atoms with Crippen molar-refractivity contribution in [2.24, 2.45) is 5.41 Å². The maximum atomic E-state index is 4.30. The van der Waals surface area contributed by atoms with Gasteiger partial charge in [-0.25, -0.2) is 0 Å². The first kappa shape index (κ1) is 15.9. The Morgan fingerprint density at radius 1 is 1.05 bits per heavy atom. The van der Waals surface area contributed by atoms with E-state index in [1.165, 1.54) is 0 Å². The number of hydrogen-bond acceptors (Lipinski definition) is 4. The molecule has 0 bridgehead atoms. The van der Waals surface area contributed by atoms with E-state index in [2.05, 4.69) is 69.0 Å². The number of hydrogen-bond donors (Lipinski definition) is 1. The van der Waals surface area contributed by atoms with Crippen LogP contribution in [0.15, 0.2) is 12.1 Å². The first-order chi connectivity index (χ1) is 8.57. The molecule has 108 valence electrons. The van der Waals surface area contributed by atoms with Gasteiger partial charge in [0.1, 0.15) is 0 Å². The van der Waals surface area contributed by atoms with Crippen molar-refractivity contribution in [1.82, 2.24) is 15.5 Å². The van der Waals surface area contributed by atoms with E-state index < -0.39 is 0 Å². The molecule has 0 aromatic carbocycles. The standard InChI is InChI=1S/C15H28N4/c1-14(2,3)11-19(7)13-9-8-12(17-18-13)10-16-15(4,5)6/h8-9,16H,10-11H2,1-7H3. The fourth-order valence-corrected chi connectivity index (χ4v) is 1.80. The fourth-order valence-electron chi connectivity index (χ4n) is 1.80. The van der Waals surface area contributed by atoms with Crippen molar-refractivity contribution in [3.05, 3.63) is 17.8 Å². The van der Waals surface area contributed by atoms with Gasteiger partial charge in [-0.05, 0) is 38.3 Å². The lowest BCUT2D eigenvalue weighted by Gasteiger charge is -2.27. The van der Waals surface area contributed by atoms with Gasteiger partial charge in [-0.2, -0.15) is 5.10 Å². The molecule has 0 saturated heterocycles. The molecule has 0 fully saturated rings. The predicted molar refractivity (Wildman–Crippen MR) is 81.3 cm³/mol. The number of nitrogens with zero attached hydrogens (tertiary/aromatic N) is 3. The van der Waals surface area contributed by atoms with Crippen LogP contribution in [0.4, 0.5) is 5.82 Å². The van der Waals surface area contributed by atoms with Gasteiger partial charge >= 0.3 is 0 Å². The third-order valence-corrected chi connectivity index (χ3v) is 2.61. The van der Waals surface area contributed by atoms with Crippen LogP contribution < -0.4 is 10.2 Å². The zero-order valence-electron chi connectivity index (χ0n) is 13.4. The topological polar surface area (TPSA) is 41.0 Å². The van der Waals surface area contributed by atoms with Gasteiger partial charge in [-0.1, -0.05) is 20.8 Å². The third-order valence-electron chi connectivity index (χ3n) is 2.61. The van der Waals surface area contributed by atoms with E-state index in [4.69, 9.17) is 0 Å². The third kappa shape index (κ3) is 6.53. The number of aromatic nitrogens is 2. The van der Waals surface area contributed by atoms with Crippen LogP contribution in [0, 0.1) is 5.41 Å². The summed E-state index contributed by atoms with van der Waals surface area (Å²) in [7, 11) is 2.06. The van der Waals surface area contributed by atoms with E-state index in [1.807, 2.05) is 12.1 Å². The van der Waals surface area contributed by atoms with Crippen molar-refractivity contribution in [2.75, 3.05) is 18.5 Å². The highest BCUT2D eigenvalue weighted by Gasteiger charge is 2.15. The molecule has 1 heterocycles. The van der Waals surface area contributed by atoms with Crippen molar-refractivity contribution in [2.45, 2.75) is 53.6 Å². The normalized spacial score (nSPS) is 12.6. The highest BCUT2D eigenvalue weighted by Crippen LogP contribution is 2.18. The average molecular weight is 264 g/mol. The molecule has 0 saturated carbocycles. The van der Waals surface area contributed by atoms with E-state index in [0.29, 0.717) is 0 Å². The smallest absolute Gasteiger partial charge is 0.151 e. The first-order valence-electron chi connectivity index (χ1n) is 6.86. The van der Waals surface area contributed by atoms with Crippen LogP contribution in [0.5, 0.6) is 0 Å². The van der Waals surface area contributed by atoms with Crippen molar-refractivity contribution < 1.29 is 0 Å². The minimum absolute atomic E-state index is 0.101. The SMILES string of the molecule is CN(CC(C)(C)C)c1ccc(CNC(C)(C)C)nn1. The lowest BCUT2D eigenvalue weighted by Crippen LogP contribution is -2.35. The molecular formula is C15H28N4. The zero-order chi connectivity index (χ0) is 14.7. The second-order valence-electron chi connectivity index (χ2n) is 7.40. The molecule has 0 atom stereocenters. The number of anilines is 1. The highest BCUT2D eigenvalue weighted by atomic mass is 15.2. The van der Waals surface area contributed by atoms with Gasteiger partial charge in [0, 0.05) is 25.7 Å². The molecular weight excluding hydrogens is 236 g/mol. The molecule has 1 N–H and O–H groups in total. The van der Waals surface area contributed by atoms with Crippen LogP contribution in [0.25, 0.3) is 0 Å². The summed E-state index contributed by atoms with van der Waals surface area (Å²) in [5, 5.41) is 12.0. The van der Waals surface area contributed by atoms with Gasteiger partial charge in [-0.3, -0.25) is 0 Å². The van der Waals surface area contributed by atoms with Crippen LogP contribution in [0.3, 0.4) is 0 Å². The highest BCUT2D eigenvalue weighted by molar-refractivity contribution is 5.36. The fraction of sp³-hybridized carbons (Fsp3) is 0.733. The molecule has 0 unspecified atom stereocenters. The van der Waals surface area contributed by atoms with Gasteiger partial charge in [-0.15, -0.1) is 5.10 Å². The monoisotopic (exact) mass is 264 g/mol. The quantitative estimate of drug-likeness (QED) is 0.908. The minimum Gasteiger partial charge on any atom is -0.358 e. The first-order valence-corrected chi connectivity index (χ1v) is 6.86. The Kier molecular flexibility index (Phi) is 4.91. The molecule has 19 heavy (non-hydrogen) atoms. The molecule has 0 radical (unpaired) electrons. The molecule has 0 aliphatic heterocycles. The average Bonchev–Trinajstić information content (AvgIpc) is 2.23. The maximum Gasteiger partial charge on any atom is 0.151 e. The van der Waals surface area contributed by atoms with E-state index in [1.54, 1.807) is 0 Å². The van der Waals surface area contributed by atoms with Gasteiger partial charge in [0.05, 0.1) is 5.69 Å². The van der Waals surface area contributed by atoms with Crippen LogP contribution in [0.2, 0.25) is 0 Å². The van der Waals surface area contributed by atoms with Crippen LogP contribution in [0.1, 0.15) is 47.2 Å². The van der Waals surface area contributed by atoms with Crippen LogP contribution >= 0.6 is 0 Å². The largest absolute Gasteiger partial charge is 0.358 e. The molecule has 1 aromatic rings. The van der Waals surface area contributed by atoms with Crippen LogP contribution in [-0.4, -0.2) is 29.3 Å². The Hall–Kier alpha value is -1.16. The maximum absolute atomic E-state index is 4.30. The molecule has 0 aliphatic rings. The van der Waals surface area contributed by atoms with Gasteiger partial charge in [0.25, 0.3) is 0 Å². The van der Waals surface area contributed by atoms with Gasteiger partial charge in [0.15, 0.2) is 5.82 Å². The molecule has 0 aliphatic carbocycles. The molecule has 4 nitrogen and oxygen atoms in total. The van der Waals surface area contributed by atoms with Crippen molar-refractivity contribution in [3.63, 3.8) is 0 Å². The van der Waals surface area contributed by atoms with E-state index in [-0.39, 0.29) is 11.0 Å². The van der Waals surface area contributed by atoms with E-state index in [0.717, 1.165) is 24.6 Å². The summed E-state index contributed by atoms with van der Waals surface area (Å²) in [6.07, 6.45) is 0. The predicted octanol–water partition coefficient (Wildman–Crippen LogP) is 2.85. The molecule has 0 spiro atoms. The summed E-state index contributed by atoms with van der Waals surface area (Å²) in [6, 6.07) is 4.08. The van der Waals surface area contributed by atoms with Crippen LogP contribution in [-0.2, 0) is 6.54 Å². The van der Waals surface area contributed by atoms with Crippen molar-refractivity contribution in [1.29, 1.82) is 0 Å². The molecule has 4 heteroatoms. The van der Waals surface area contributed by atoms with Crippen molar-refractivity contribution in [3.8, 4) is 0 Å². The van der Waals surface area contributed by atoms with Crippen molar-refractivity contribution >= 4 is 5.82 Å². The van der Waals surface area contributed by atoms with Gasteiger partial charge in [0.2, 0.25) is 0 Å². The van der Waals surface area contributed by atoms with E-state index >= 15 is 0 Å². The second-order valence-corrected chi connectivity index (χ2v) is 7.40. The zero-order valence-corrected chi connectivity index (χ0v) is 13.4. The minimum atomic E-state index is 0.101.